The van der Waals surface area contributed by atoms with Crippen molar-refractivity contribution in [2.24, 2.45) is 11.8 Å². The van der Waals surface area contributed by atoms with Crippen molar-refractivity contribution < 1.29 is 14.7 Å². The standard InChI is InChI=1S/C23H26Cl2N4O3/c24-18-3-1-15(2-4-18)20-14-29(13-17(20)11-27-23(31)32)22(30)16-7-9-28(10-8-16)21-6-5-19(25)12-26-21/h1-6,12,16-17,20,27H,7-11,13-14H2,(H,31,32)/t17-,20-/m0/s1. The molecule has 9 heteroatoms. The van der Waals surface area contributed by atoms with Crippen molar-refractivity contribution in [3.8, 4) is 0 Å². The molecule has 2 aliphatic rings. The second-order valence-corrected chi connectivity index (χ2v) is 9.32. The largest absolute Gasteiger partial charge is 0.465 e. The molecule has 0 radical (unpaired) electrons. The molecule has 2 aliphatic heterocycles. The van der Waals surface area contributed by atoms with Crippen molar-refractivity contribution >= 4 is 41.0 Å². The number of likely N-dealkylation sites (tertiary alicyclic amines) is 1. The lowest BCUT2D eigenvalue weighted by Gasteiger charge is -2.34. The van der Waals surface area contributed by atoms with Crippen LogP contribution in [0.5, 0.6) is 0 Å². The van der Waals surface area contributed by atoms with Crippen LogP contribution in [-0.4, -0.2) is 59.7 Å². The maximum Gasteiger partial charge on any atom is 0.404 e. The van der Waals surface area contributed by atoms with E-state index < -0.39 is 6.09 Å². The van der Waals surface area contributed by atoms with Crippen molar-refractivity contribution in [3.63, 3.8) is 0 Å². The highest BCUT2D eigenvalue weighted by Gasteiger charge is 2.39. The summed E-state index contributed by atoms with van der Waals surface area (Å²) in [6.07, 6.45) is 2.13. The topological polar surface area (TPSA) is 85.8 Å². The number of carbonyl (C=O) groups is 2. The Kier molecular flexibility index (Phi) is 7.06. The van der Waals surface area contributed by atoms with Gasteiger partial charge in [-0.25, -0.2) is 9.78 Å². The third-order valence-corrected chi connectivity index (χ3v) is 6.92. The van der Waals surface area contributed by atoms with Gasteiger partial charge in [0.05, 0.1) is 5.02 Å². The number of pyridine rings is 1. The summed E-state index contributed by atoms with van der Waals surface area (Å²) in [5.74, 6) is 1.10. The zero-order valence-electron chi connectivity index (χ0n) is 17.6. The van der Waals surface area contributed by atoms with E-state index in [-0.39, 0.29) is 23.7 Å². The molecule has 2 amide bonds. The molecule has 4 rings (SSSR count). The zero-order valence-corrected chi connectivity index (χ0v) is 19.1. The van der Waals surface area contributed by atoms with Gasteiger partial charge in [-0.1, -0.05) is 35.3 Å². The van der Waals surface area contributed by atoms with Crippen LogP contribution in [0.3, 0.4) is 0 Å². The highest BCUT2D eigenvalue weighted by molar-refractivity contribution is 6.30. The number of hydrogen-bond acceptors (Lipinski definition) is 4. The Balaban J connectivity index is 1.40. The highest BCUT2D eigenvalue weighted by atomic mass is 35.5. The molecule has 3 heterocycles. The Bertz CT molecular complexity index is 947. The van der Waals surface area contributed by atoms with Crippen LogP contribution in [0.15, 0.2) is 42.6 Å². The Morgan fingerprint density at radius 3 is 2.34 bits per heavy atom. The maximum atomic E-state index is 13.3. The third-order valence-electron chi connectivity index (χ3n) is 6.45. The van der Waals surface area contributed by atoms with Gasteiger partial charge in [-0.3, -0.25) is 4.79 Å². The van der Waals surface area contributed by atoms with Crippen molar-refractivity contribution in [1.29, 1.82) is 0 Å². The predicted octanol–water partition coefficient (Wildman–Crippen LogP) is 4.11. The van der Waals surface area contributed by atoms with E-state index in [1.165, 1.54) is 0 Å². The number of carbonyl (C=O) groups excluding carboxylic acids is 1. The number of carboxylic acid groups (broad SMARTS) is 1. The van der Waals surface area contributed by atoms with Gasteiger partial charge in [0.2, 0.25) is 5.91 Å². The molecule has 1 aromatic carbocycles. The molecule has 2 fully saturated rings. The fraction of sp³-hybridized carbons (Fsp3) is 0.435. The first-order chi connectivity index (χ1) is 15.4. The molecule has 0 aliphatic carbocycles. The molecular weight excluding hydrogens is 451 g/mol. The number of nitrogens with one attached hydrogen (secondary N) is 1. The number of rotatable bonds is 5. The van der Waals surface area contributed by atoms with Gasteiger partial charge in [0.1, 0.15) is 5.82 Å². The van der Waals surface area contributed by atoms with E-state index in [9.17, 15) is 9.59 Å². The second-order valence-electron chi connectivity index (χ2n) is 8.44. The molecule has 2 atom stereocenters. The smallest absolute Gasteiger partial charge is 0.404 e. The lowest BCUT2D eigenvalue weighted by atomic mass is 9.89. The van der Waals surface area contributed by atoms with Crippen LogP contribution in [0.2, 0.25) is 10.0 Å². The first-order valence-corrected chi connectivity index (χ1v) is 11.5. The average Bonchev–Trinajstić information content (AvgIpc) is 3.22. The average molecular weight is 477 g/mol. The molecular formula is C23H26Cl2N4O3. The van der Waals surface area contributed by atoms with Crippen molar-refractivity contribution in [2.75, 3.05) is 37.6 Å². The Morgan fingerprint density at radius 1 is 1.03 bits per heavy atom. The van der Waals surface area contributed by atoms with Gasteiger partial charge >= 0.3 is 6.09 Å². The molecule has 1 aromatic heterocycles. The molecule has 0 bridgehead atoms. The van der Waals surface area contributed by atoms with Crippen LogP contribution in [0.1, 0.15) is 24.3 Å². The van der Waals surface area contributed by atoms with Gasteiger partial charge < -0.3 is 20.2 Å². The molecule has 170 valence electrons. The highest BCUT2D eigenvalue weighted by Crippen LogP contribution is 2.35. The van der Waals surface area contributed by atoms with E-state index in [1.807, 2.05) is 41.3 Å². The van der Waals surface area contributed by atoms with E-state index in [0.717, 1.165) is 37.3 Å². The summed E-state index contributed by atoms with van der Waals surface area (Å²) in [5, 5.41) is 12.8. The van der Waals surface area contributed by atoms with Crippen LogP contribution >= 0.6 is 23.2 Å². The quantitative estimate of drug-likeness (QED) is 0.677. The summed E-state index contributed by atoms with van der Waals surface area (Å²) >= 11 is 12.0. The lowest BCUT2D eigenvalue weighted by molar-refractivity contribution is -0.135. The minimum absolute atomic E-state index is 0.0228. The van der Waals surface area contributed by atoms with Gasteiger partial charge in [-0.2, -0.15) is 0 Å². The van der Waals surface area contributed by atoms with Gasteiger partial charge in [0.15, 0.2) is 0 Å². The molecule has 2 saturated heterocycles. The van der Waals surface area contributed by atoms with Crippen LogP contribution in [0, 0.1) is 11.8 Å². The molecule has 2 N–H and O–H groups in total. The SMILES string of the molecule is O=C(O)NC[C@H]1CN(C(=O)C2CCN(c3ccc(Cl)cn3)CC2)C[C@H]1c1ccc(Cl)cc1. The number of halogens is 2. The first kappa shape index (κ1) is 22.7. The molecule has 2 aromatic rings. The number of nitrogens with zero attached hydrogens (tertiary/aromatic N) is 3. The van der Waals surface area contributed by atoms with E-state index in [4.69, 9.17) is 28.3 Å². The molecule has 7 nitrogen and oxygen atoms in total. The summed E-state index contributed by atoms with van der Waals surface area (Å²) in [6, 6.07) is 11.3. The van der Waals surface area contributed by atoms with Crippen molar-refractivity contribution in [3.05, 3.63) is 58.2 Å². The van der Waals surface area contributed by atoms with Gasteiger partial charge in [-0.05, 0) is 42.7 Å². The Labute approximate surface area is 197 Å². The third kappa shape index (κ3) is 5.27. The van der Waals surface area contributed by atoms with Crippen LogP contribution in [0.4, 0.5) is 10.6 Å². The van der Waals surface area contributed by atoms with Crippen LogP contribution in [0.25, 0.3) is 0 Å². The van der Waals surface area contributed by atoms with E-state index in [1.54, 1.807) is 6.20 Å². The van der Waals surface area contributed by atoms with Gasteiger partial charge in [0, 0.05) is 61.7 Å². The van der Waals surface area contributed by atoms with Gasteiger partial charge in [0.25, 0.3) is 0 Å². The maximum absolute atomic E-state index is 13.3. The monoisotopic (exact) mass is 476 g/mol. The Morgan fingerprint density at radius 2 is 1.72 bits per heavy atom. The molecule has 0 spiro atoms. The van der Waals surface area contributed by atoms with Crippen LogP contribution < -0.4 is 10.2 Å². The fourth-order valence-corrected chi connectivity index (χ4v) is 4.97. The molecule has 0 saturated carbocycles. The van der Waals surface area contributed by atoms with Crippen LogP contribution in [-0.2, 0) is 4.79 Å². The fourth-order valence-electron chi connectivity index (χ4n) is 4.73. The number of anilines is 1. The normalized spacial score (nSPS) is 21.6. The summed E-state index contributed by atoms with van der Waals surface area (Å²) in [7, 11) is 0. The number of benzene rings is 1. The van der Waals surface area contributed by atoms with Crippen molar-refractivity contribution in [2.45, 2.75) is 18.8 Å². The summed E-state index contributed by atoms with van der Waals surface area (Å²) < 4.78 is 0. The van der Waals surface area contributed by atoms with Gasteiger partial charge in [-0.15, -0.1) is 0 Å². The van der Waals surface area contributed by atoms with Crippen molar-refractivity contribution in [1.82, 2.24) is 15.2 Å². The van der Waals surface area contributed by atoms with E-state index in [0.29, 0.717) is 29.7 Å². The lowest BCUT2D eigenvalue weighted by Crippen LogP contribution is -2.42. The summed E-state index contributed by atoms with van der Waals surface area (Å²) in [4.78, 5) is 32.8. The summed E-state index contributed by atoms with van der Waals surface area (Å²) in [6.45, 7) is 2.98. The predicted molar refractivity (Wildman–Crippen MR) is 124 cm³/mol. The number of piperidine rings is 1. The number of hydrogen-bond donors (Lipinski definition) is 2. The number of aromatic nitrogens is 1. The zero-order chi connectivity index (χ0) is 22.7. The van der Waals surface area contributed by atoms with E-state index >= 15 is 0 Å². The second kappa shape index (κ2) is 9.96. The minimum atomic E-state index is -1.05. The molecule has 0 unspecified atom stereocenters. The minimum Gasteiger partial charge on any atom is -0.465 e. The Hall–Kier alpha value is -2.51. The first-order valence-electron chi connectivity index (χ1n) is 10.8. The molecule has 32 heavy (non-hydrogen) atoms. The number of amides is 2. The van der Waals surface area contributed by atoms with E-state index in [2.05, 4.69) is 15.2 Å². The summed E-state index contributed by atoms with van der Waals surface area (Å²) in [5.41, 5.74) is 1.07.